The van der Waals surface area contributed by atoms with Gasteiger partial charge in [-0.15, -0.1) is 0 Å². The topological polar surface area (TPSA) is 84.9 Å². The molecule has 1 N–H and O–H groups in total. The van der Waals surface area contributed by atoms with Crippen LogP contribution in [0.3, 0.4) is 0 Å². The Morgan fingerprint density at radius 1 is 1.15 bits per heavy atom. The molecule has 0 aromatic heterocycles. The maximum absolute atomic E-state index is 14.0. The smallest absolute Gasteiger partial charge is 0.246 e. The molecule has 2 aliphatic rings. The molecule has 2 aromatic rings. The van der Waals surface area contributed by atoms with E-state index in [0.29, 0.717) is 30.0 Å². The van der Waals surface area contributed by atoms with Crippen LogP contribution in [0.4, 0.5) is 10.1 Å². The second-order valence-corrected chi connectivity index (χ2v) is 8.12. The van der Waals surface area contributed by atoms with Crippen LogP contribution in [0.15, 0.2) is 47.4 Å². The van der Waals surface area contributed by atoms with Crippen molar-refractivity contribution < 1.29 is 27.1 Å². The molecule has 27 heavy (non-hydrogen) atoms. The van der Waals surface area contributed by atoms with Gasteiger partial charge in [0.25, 0.3) is 0 Å². The normalized spacial score (nSPS) is 19.2. The number of nitrogens with one attached hydrogen (secondary N) is 1. The Morgan fingerprint density at radius 3 is 2.74 bits per heavy atom. The SMILES string of the molecule is O=C(Nc1ccc2c(c1)OCO2)C1CCCN1S(=O)(=O)c1ccccc1F. The van der Waals surface area contributed by atoms with E-state index >= 15 is 0 Å². The van der Waals surface area contributed by atoms with Gasteiger partial charge in [0.05, 0.1) is 0 Å². The Hall–Kier alpha value is -2.65. The minimum absolute atomic E-state index is 0.115. The number of nitrogens with zero attached hydrogens (tertiary/aromatic N) is 1. The molecule has 0 aliphatic carbocycles. The summed E-state index contributed by atoms with van der Waals surface area (Å²) in [5.74, 6) is -0.210. The van der Waals surface area contributed by atoms with Gasteiger partial charge in [0.1, 0.15) is 16.8 Å². The van der Waals surface area contributed by atoms with Crippen LogP contribution in [0.25, 0.3) is 0 Å². The zero-order valence-electron chi connectivity index (χ0n) is 14.2. The molecule has 0 bridgehead atoms. The molecule has 2 heterocycles. The number of hydrogen-bond acceptors (Lipinski definition) is 5. The maximum Gasteiger partial charge on any atom is 0.246 e. The molecule has 1 unspecified atom stereocenters. The summed E-state index contributed by atoms with van der Waals surface area (Å²) in [5.41, 5.74) is 0.472. The van der Waals surface area contributed by atoms with E-state index in [0.717, 1.165) is 10.4 Å². The van der Waals surface area contributed by atoms with E-state index in [-0.39, 0.29) is 13.3 Å². The van der Waals surface area contributed by atoms with Gasteiger partial charge in [-0.2, -0.15) is 4.31 Å². The number of sulfonamides is 1. The van der Waals surface area contributed by atoms with Gasteiger partial charge in [0.15, 0.2) is 11.5 Å². The lowest BCUT2D eigenvalue weighted by Gasteiger charge is -2.23. The van der Waals surface area contributed by atoms with Crippen molar-refractivity contribution in [3.05, 3.63) is 48.3 Å². The Labute approximate surface area is 155 Å². The summed E-state index contributed by atoms with van der Waals surface area (Å²) in [7, 11) is -4.11. The number of fused-ring (bicyclic) bond motifs is 1. The van der Waals surface area contributed by atoms with E-state index in [1.54, 1.807) is 18.2 Å². The predicted molar refractivity (Wildman–Crippen MR) is 94.5 cm³/mol. The highest BCUT2D eigenvalue weighted by Gasteiger charge is 2.40. The number of hydrogen-bond donors (Lipinski definition) is 1. The molecule has 0 radical (unpaired) electrons. The van der Waals surface area contributed by atoms with Crippen LogP contribution in [0.5, 0.6) is 11.5 Å². The molecule has 9 heteroatoms. The van der Waals surface area contributed by atoms with Crippen LogP contribution < -0.4 is 14.8 Å². The highest BCUT2D eigenvalue weighted by Crippen LogP contribution is 2.35. The Morgan fingerprint density at radius 2 is 1.93 bits per heavy atom. The molecule has 1 amide bonds. The molecule has 7 nitrogen and oxygen atoms in total. The van der Waals surface area contributed by atoms with Crippen molar-refractivity contribution >= 4 is 21.6 Å². The zero-order valence-corrected chi connectivity index (χ0v) is 15.0. The van der Waals surface area contributed by atoms with Crippen molar-refractivity contribution in [2.45, 2.75) is 23.8 Å². The lowest BCUT2D eigenvalue weighted by Crippen LogP contribution is -2.43. The van der Waals surface area contributed by atoms with Crippen LogP contribution in [-0.4, -0.2) is 38.0 Å². The third kappa shape index (κ3) is 3.24. The number of ether oxygens (including phenoxy) is 2. The van der Waals surface area contributed by atoms with Gasteiger partial charge in [-0.1, -0.05) is 12.1 Å². The fourth-order valence-electron chi connectivity index (χ4n) is 3.27. The van der Waals surface area contributed by atoms with Gasteiger partial charge < -0.3 is 14.8 Å². The van der Waals surface area contributed by atoms with Crippen molar-refractivity contribution in [3.63, 3.8) is 0 Å². The minimum Gasteiger partial charge on any atom is -0.454 e. The molecule has 1 atom stereocenters. The molecular formula is C18H17FN2O5S. The quantitative estimate of drug-likeness (QED) is 0.863. The summed E-state index contributed by atoms with van der Waals surface area (Å²) in [6, 6.07) is 9.19. The zero-order chi connectivity index (χ0) is 19.0. The molecule has 142 valence electrons. The van der Waals surface area contributed by atoms with Crippen LogP contribution in [-0.2, 0) is 14.8 Å². The van der Waals surface area contributed by atoms with Crippen molar-refractivity contribution in [3.8, 4) is 11.5 Å². The van der Waals surface area contributed by atoms with E-state index in [2.05, 4.69) is 5.32 Å². The third-order valence-electron chi connectivity index (χ3n) is 4.57. The fraction of sp³-hybridized carbons (Fsp3) is 0.278. The number of amides is 1. The molecule has 1 fully saturated rings. The van der Waals surface area contributed by atoms with Gasteiger partial charge in [-0.3, -0.25) is 4.79 Å². The first-order chi connectivity index (χ1) is 13.0. The third-order valence-corrected chi connectivity index (χ3v) is 6.51. The number of carbonyl (C=O) groups excluding carboxylic acids is 1. The molecule has 1 saturated heterocycles. The fourth-order valence-corrected chi connectivity index (χ4v) is 4.99. The van der Waals surface area contributed by atoms with Crippen LogP contribution >= 0.6 is 0 Å². The molecule has 4 rings (SSSR count). The summed E-state index contributed by atoms with van der Waals surface area (Å²) in [6.45, 7) is 0.278. The minimum atomic E-state index is -4.11. The second kappa shape index (κ2) is 6.82. The maximum atomic E-state index is 14.0. The van der Waals surface area contributed by atoms with Crippen LogP contribution in [0.2, 0.25) is 0 Å². The molecule has 0 spiro atoms. The van der Waals surface area contributed by atoms with Crippen LogP contribution in [0, 0.1) is 5.82 Å². The Bertz CT molecular complexity index is 995. The highest BCUT2D eigenvalue weighted by atomic mass is 32.2. The lowest BCUT2D eigenvalue weighted by atomic mass is 10.2. The summed E-state index contributed by atoms with van der Waals surface area (Å²) >= 11 is 0. The molecule has 0 saturated carbocycles. The van der Waals surface area contributed by atoms with Gasteiger partial charge >= 0.3 is 0 Å². The summed E-state index contributed by atoms with van der Waals surface area (Å²) in [6.07, 6.45) is 0.886. The average Bonchev–Trinajstić information content (AvgIpc) is 3.31. The Kier molecular flexibility index (Phi) is 4.48. The van der Waals surface area contributed by atoms with Crippen molar-refractivity contribution in [2.75, 3.05) is 18.7 Å². The number of carbonyl (C=O) groups is 1. The Balaban J connectivity index is 1.56. The number of anilines is 1. The predicted octanol–water partition coefficient (Wildman–Crippen LogP) is 2.35. The van der Waals surface area contributed by atoms with Crippen molar-refractivity contribution in [1.82, 2.24) is 4.31 Å². The van der Waals surface area contributed by atoms with Gasteiger partial charge in [-0.05, 0) is 37.1 Å². The summed E-state index contributed by atoms with van der Waals surface area (Å²) < 4.78 is 51.3. The first-order valence-electron chi connectivity index (χ1n) is 8.44. The van der Waals surface area contributed by atoms with E-state index in [1.807, 2.05) is 0 Å². The van der Waals surface area contributed by atoms with E-state index in [9.17, 15) is 17.6 Å². The number of halogens is 1. The first kappa shape index (κ1) is 17.7. The molecule has 2 aliphatic heterocycles. The number of rotatable bonds is 4. The summed E-state index contributed by atoms with van der Waals surface area (Å²) in [4.78, 5) is 12.3. The van der Waals surface area contributed by atoms with Gasteiger partial charge in [-0.25, -0.2) is 12.8 Å². The highest BCUT2D eigenvalue weighted by molar-refractivity contribution is 7.89. The number of benzene rings is 2. The lowest BCUT2D eigenvalue weighted by molar-refractivity contribution is -0.119. The molecule has 2 aromatic carbocycles. The monoisotopic (exact) mass is 392 g/mol. The second-order valence-electron chi connectivity index (χ2n) is 6.26. The van der Waals surface area contributed by atoms with Crippen LogP contribution in [0.1, 0.15) is 12.8 Å². The largest absolute Gasteiger partial charge is 0.454 e. The van der Waals surface area contributed by atoms with Gasteiger partial charge in [0.2, 0.25) is 22.7 Å². The molecular weight excluding hydrogens is 375 g/mol. The average molecular weight is 392 g/mol. The first-order valence-corrected chi connectivity index (χ1v) is 9.88. The van der Waals surface area contributed by atoms with Crippen molar-refractivity contribution in [1.29, 1.82) is 0 Å². The van der Waals surface area contributed by atoms with E-state index in [4.69, 9.17) is 9.47 Å². The van der Waals surface area contributed by atoms with E-state index < -0.39 is 32.7 Å². The summed E-state index contributed by atoms with van der Waals surface area (Å²) in [5, 5.41) is 2.71. The van der Waals surface area contributed by atoms with Gasteiger partial charge in [0, 0.05) is 18.3 Å². The van der Waals surface area contributed by atoms with Crippen molar-refractivity contribution in [2.24, 2.45) is 0 Å². The van der Waals surface area contributed by atoms with E-state index in [1.165, 1.54) is 18.2 Å². The standard InChI is InChI=1S/C18H17FN2O5S/c19-13-4-1-2-6-17(13)27(23,24)21-9-3-5-14(21)18(22)20-12-7-8-15-16(10-12)26-11-25-15/h1-2,4,6-8,10,14H,3,5,9,11H2,(H,20,22).